The number of hydrogen-bond acceptors (Lipinski definition) is 8. The second-order valence-electron chi connectivity index (χ2n) is 11.5. The van der Waals surface area contributed by atoms with E-state index in [4.69, 9.17) is 19.2 Å². The molecule has 4 rings (SSSR count). The molecule has 0 aliphatic carbocycles. The van der Waals surface area contributed by atoms with Crippen molar-refractivity contribution in [2.24, 2.45) is 7.05 Å². The minimum absolute atomic E-state index is 0.167. The number of fused-ring (bicyclic) bond motifs is 1. The molecule has 12 heteroatoms. The van der Waals surface area contributed by atoms with E-state index in [9.17, 15) is 9.59 Å². The highest BCUT2D eigenvalue weighted by Gasteiger charge is 2.27. The van der Waals surface area contributed by atoms with E-state index in [0.717, 1.165) is 18.4 Å². The van der Waals surface area contributed by atoms with Gasteiger partial charge in [0.1, 0.15) is 22.8 Å². The molecule has 1 saturated heterocycles. The van der Waals surface area contributed by atoms with Crippen LogP contribution >= 0.6 is 0 Å². The zero-order valence-corrected chi connectivity index (χ0v) is 23.1. The monoisotopic (exact) mass is 527 g/mol. The summed E-state index contributed by atoms with van der Waals surface area (Å²) in [7, 11) is 1.83. The summed E-state index contributed by atoms with van der Waals surface area (Å²) in [6.07, 6.45) is 6.39. The molecule has 0 aromatic carbocycles. The van der Waals surface area contributed by atoms with E-state index in [0.29, 0.717) is 42.4 Å². The van der Waals surface area contributed by atoms with Crippen LogP contribution in [-0.2, 0) is 16.5 Å². The summed E-state index contributed by atoms with van der Waals surface area (Å²) in [6, 6.07) is 1.70. The third-order valence-electron chi connectivity index (χ3n) is 5.66. The average molecular weight is 528 g/mol. The lowest BCUT2D eigenvalue weighted by atomic mass is 10.1. The maximum Gasteiger partial charge on any atom is 0.413 e. The van der Waals surface area contributed by atoms with Gasteiger partial charge in [-0.25, -0.2) is 19.1 Å². The van der Waals surface area contributed by atoms with Crippen LogP contribution in [0.25, 0.3) is 16.8 Å². The van der Waals surface area contributed by atoms with E-state index < -0.39 is 17.3 Å². The lowest BCUT2D eigenvalue weighted by Crippen LogP contribution is -2.37. The number of amides is 2. The molecule has 38 heavy (non-hydrogen) atoms. The summed E-state index contributed by atoms with van der Waals surface area (Å²) >= 11 is 0. The van der Waals surface area contributed by atoms with Gasteiger partial charge < -0.3 is 19.1 Å². The lowest BCUT2D eigenvalue weighted by molar-refractivity contribution is 0.0251. The van der Waals surface area contributed by atoms with Crippen LogP contribution < -0.4 is 10.1 Å². The Morgan fingerprint density at radius 2 is 1.76 bits per heavy atom. The van der Waals surface area contributed by atoms with Crippen molar-refractivity contribution in [3.05, 3.63) is 24.7 Å². The van der Waals surface area contributed by atoms with E-state index in [1.165, 1.54) is 0 Å². The van der Waals surface area contributed by atoms with Crippen LogP contribution in [0.15, 0.2) is 24.7 Å². The van der Waals surface area contributed by atoms with Gasteiger partial charge >= 0.3 is 12.2 Å². The van der Waals surface area contributed by atoms with Gasteiger partial charge in [0.15, 0.2) is 5.82 Å². The Hall–Kier alpha value is -3.83. The van der Waals surface area contributed by atoms with Gasteiger partial charge in [0.05, 0.1) is 18.1 Å². The Kier molecular flexibility index (Phi) is 7.52. The van der Waals surface area contributed by atoms with Crippen molar-refractivity contribution >= 4 is 23.5 Å². The fourth-order valence-electron chi connectivity index (χ4n) is 4.06. The number of likely N-dealkylation sites (tertiary alicyclic amines) is 1. The smallest absolute Gasteiger partial charge is 0.413 e. The Morgan fingerprint density at radius 1 is 1.03 bits per heavy atom. The van der Waals surface area contributed by atoms with Crippen LogP contribution in [0.2, 0.25) is 0 Å². The molecule has 3 aromatic rings. The number of hydrogen-bond donors (Lipinski definition) is 1. The average Bonchev–Trinajstić information content (AvgIpc) is 3.30. The summed E-state index contributed by atoms with van der Waals surface area (Å²) in [5.74, 6) is 0.693. The first-order valence-electron chi connectivity index (χ1n) is 12.8. The molecule has 0 radical (unpaired) electrons. The second-order valence-corrected chi connectivity index (χ2v) is 11.5. The van der Waals surface area contributed by atoms with Gasteiger partial charge in [-0.05, 0) is 54.4 Å². The molecule has 12 nitrogen and oxygen atoms in total. The standard InChI is InChI=1S/C26H37N7O5/c1-25(2,3)37-23(34)29-21-13-20-22(28-19(16-33(20)30-21)17-14-27-31(7)15-17)36-18-9-8-11-32(12-10-18)24(35)38-26(4,5)6/h13-16,18H,8-12H2,1-7H3,(H,29,30,34)/t18-/m1/s1. The zero-order valence-electron chi connectivity index (χ0n) is 23.1. The number of aromatic nitrogens is 5. The minimum Gasteiger partial charge on any atom is -0.473 e. The molecule has 0 bridgehead atoms. The molecule has 0 spiro atoms. The molecular formula is C26H37N7O5. The number of carbonyl (C=O) groups excluding carboxylic acids is 2. The number of nitrogens with zero attached hydrogens (tertiary/aromatic N) is 6. The van der Waals surface area contributed by atoms with Gasteiger partial charge in [0.2, 0.25) is 5.88 Å². The van der Waals surface area contributed by atoms with E-state index in [-0.39, 0.29) is 12.2 Å². The van der Waals surface area contributed by atoms with Crippen LogP contribution in [0.4, 0.5) is 15.4 Å². The van der Waals surface area contributed by atoms with Crippen molar-refractivity contribution in [1.29, 1.82) is 0 Å². The fraction of sp³-hybridized carbons (Fsp3) is 0.577. The Labute approximate surface area is 222 Å². The summed E-state index contributed by atoms with van der Waals surface area (Å²) < 4.78 is 20.6. The van der Waals surface area contributed by atoms with Gasteiger partial charge in [-0.3, -0.25) is 10.00 Å². The summed E-state index contributed by atoms with van der Waals surface area (Å²) in [5, 5.41) is 11.4. The molecule has 1 aliphatic rings. The molecular weight excluding hydrogens is 490 g/mol. The van der Waals surface area contributed by atoms with E-state index >= 15 is 0 Å². The molecule has 2 amide bonds. The highest BCUT2D eigenvalue weighted by molar-refractivity contribution is 5.85. The highest BCUT2D eigenvalue weighted by atomic mass is 16.6. The molecule has 0 saturated carbocycles. The number of rotatable bonds is 4. The number of ether oxygens (including phenoxy) is 3. The van der Waals surface area contributed by atoms with Gasteiger partial charge in [0, 0.05) is 44.4 Å². The van der Waals surface area contributed by atoms with Gasteiger partial charge in [-0.2, -0.15) is 5.10 Å². The SMILES string of the molecule is Cn1cc(-c2cn3nc(NC(=O)OC(C)(C)C)cc3c(O[C@@H]3CCCN(C(=O)OC(C)(C)C)CC3)n2)cn1. The second kappa shape index (κ2) is 10.5. The summed E-state index contributed by atoms with van der Waals surface area (Å²) in [5.41, 5.74) is 0.829. The number of aryl methyl sites for hydroxylation is 1. The van der Waals surface area contributed by atoms with Crippen LogP contribution in [-0.4, -0.2) is 71.9 Å². The minimum atomic E-state index is -0.640. The third-order valence-corrected chi connectivity index (χ3v) is 5.66. The van der Waals surface area contributed by atoms with Crippen LogP contribution in [0.3, 0.4) is 0 Å². The zero-order chi connectivity index (χ0) is 27.7. The topological polar surface area (TPSA) is 125 Å². The molecule has 206 valence electrons. The van der Waals surface area contributed by atoms with Crippen LogP contribution in [0, 0.1) is 0 Å². The van der Waals surface area contributed by atoms with E-state index in [2.05, 4.69) is 15.5 Å². The largest absolute Gasteiger partial charge is 0.473 e. The van der Waals surface area contributed by atoms with Crippen molar-refractivity contribution in [2.45, 2.75) is 78.1 Å². The number of nitrogens with one attached hydrogen (secondary N) is 1. The van der Waals surface area contributed by atoms with Crippen molar-refractivity contribution in [1.82, 2.24) is 29.3 Å². The van der Waals surface area contributed by atoms with Crippen LogP contribution in [0.1, 0.15) is 60.8 Å². The Balaban J connectivity index is 1.58. The first-order valence-corrected chi connectivity index (χ1v) is 12.8. The van der Waals surface area contributed by atoms with Crippen LogP contribution in [0.5, 0.6) is 5.88 Å². The number of carbonyl (C=O) groups is 2. The Bertz CT molecular complexity index is 1300. The van der Waals surface area contributed by atoms with E-state index in [1.807, 2.05) is 34.0 Å². The van der Waals surface area contributed by atoms with Gasteiger partial charge in [-0.1, -0.05) is 0 Å². The normalized spacial score (nSPS) is 16.7. The van der Waals surface area contributed by atoms with Gasteiger partial charge in [0.25, 0.3) is 0 Å². The Morgan fingerprint density at radius 3 is 2.42 bits per heavy atom. The summed E-state index contributed by atoms with van der Waals surface area (Å²) in [4.78, 5) is 31.4. The third kappa shape index (κ3) is 7.14. The molecule has 1 fully saturated rings. The first kappa shape index (κ1) is 27.2. The molecule has 1 aliphatic heterocycles. The fourth-order valence-corrected chi connectivity index (χ4v) is 4.06. The predicted octanol–water partition coefficient (Wildman–Crippen LogP) is 4.65. The number of anilines is 1. The maximum atomic E-state index is 12.6. The predicted molar refractivity (Wildman–Crippen MR) is 141 cm³/mol. The lowest BCUT2D eigenvalue weighted by Gasteiger charge is -2.26. The molecule has 0 unspecified atom stereocenters. The molecule has 3 aromatic heterocycles. The van der Waals surface area contributed by atoms with Crippen molar-refractivity contribution in [2.75, 3.05) is 18.4 Å². The van der Waals surface area contributed by atoms with Crippen molar-refractivity contribution < 1.29 is 23.8 Å². The van der Waals surface area contributed by atoms with E-state index in [1.54, 1.807) is 53.3 Å². The molecule has 1 N–H and O–H groups in total. The highest BCUT2D eigenvalue weighted by Crippen LogP contribution is 2.29. The van der Waals surface area contributed by atoms with Gasteiger partial charge in [-0.15, -0.1) is 5.10 Å². The quantitative estimate of drug-likeness (QED) is 0.520. The summed E-state index contributed by atoms with van der Waals surface area (Å²) in [6.45, 7) is 12.1. The van der Waals surface area contributed by atoms with Crippen molar-refractivity contribution in [3.63, 3.8) is 0 Å². The molecule has 4 heterocycles. The first-order chi connectivity index (χ1) is 17.8. The molecule has 1 atom stereocenters. The maximum absolute atomic E-state index is 12.6. The van der Waals surface area contributed by atoms with Crippen molar-refractivity contribution in [3.8, 4) is 17.1 Å².